The molecule has 0 fully saturated rings. The van der Waals surface area contributed by atoms with Crippen LogP contribution in [0.25, 0.3) is 0 Å². The van der Waals surface area contributed by atoms with Gasteiger partial charge in [0.05, 0.1) is 22.7 Å². The fraction of sp³-hybridized carbons (Fsp3) is 0.250. The first kappa shape index (κ1) is 15.6. The van der Waals surface area contributed by atoms with E-state index in [2.05, 4.69) is 17.5 Å². The summed E-state index contributed by atoms with van der Waals surface area (Å²) in [5.41, 5.74) is 2.65. The average molecular weight is 369 g/mol. The number of ether oxygens (including phenoxy) is 2. The predicted molar refractivity (Wildman–Crippen MR) is 94.7 cm³/mol. The third kappa shape index (κ3) is 2.20. The van der Waals surface area contributed by atoms with E-state index in [1.165, 1.54) is 6.07 Å². The summed E-state index contributed by atoms with van der Waals surface area (Å²) in [6.45, 7) is 0.230. The minimum Gasteiger partial charge on any atom is -0.545 e. The van der Waals surface area contributed by atoms with Gasteiger partial charge in [-0.3, -0.25) is 0 Å². The van der Waals surface area contributed by atoms with Gasteiger partial charge in [-0.05, 0) is 41.7 Å². The van der Waals surface area contributed by atoms with Crippen LogP contribution in [0.15, 0.2) is 42.5 Å². The molecule has 0 saturated carbocycles. The molecule has 0 saturated heterocycles. The van der Waals surface area contributed by atoms with Gasteiger partial charge >= 0.3 is 0 Å². The SMILES string of the molecule is O=C([O-])c1ccc(Cl)c2c1[C@H]1C=CC[C@@H]1[C@H](c1ccc3c(c1)OCO3)N2. The number of aromatic carboxylic acids is 1. The predicted octanol–water partition coefficient (Wildman–Crippen LogP) is 3.26. The van der Waals surface area contributed by atoms with Crippen LogP contribution in [0, 0.1) is 5.92 Å². The summed E-state index contributed by atoms with van der Waals surface area (Å²) in [7, 11) is 0. The second-order valence-electron chi connectivity index (χ2n) is 6.76. The first-order valence-corrected chi connectivity index (χ1v) is 8.88. The van der Waals surface area contributed by atoms with Crippen molar-refractivity contribution in [1.29, 1.82) is 0 Å². The van der Waals surface area contributed by atoms with Crippen molar-refractivity contribution in [2.75, 3.05) is 12.1 Å². The minimum atomic E-state index is -1.18. The lowest BCUT2D eigenvalue weighted by Gasteiger charge is -2.39. The van der Waals surface area contributed by atoms with Gasteiger partial charge in [0, 0.05) is 11.5 Å². The molecule has 26 heavy (non-hydrogen) atoms. The van der Waals surface area contributed by atoms with E-state index >= 15 is 0 Å². The fourth-order valence-corrected chi connectivity index (χ4v) is 4.51. The second-order valence-corrected chi connectivity index (χ2v) is 7.17. The van der Waals surface area contributed by atoms with E-state index in [9.17, 15) is 9.90 Å². The van der Waals surface area contributed by atoms with Gasteiger partial charge < -0.3 is 24.7 Å². The molecular weight excluding hydrogens is 354 g/mol. The molecule has 0 unspecified atom stereocenters. The van der Waals surface area contributed by atoms with E-state index in [-0.39, 0.29) is 30.2 Å². The Morgan fingerprint density at radius 2 is 2.04 bits per heavy atom. The van der Waals surface area contributed by atoms with E-state index in [0.717, 1.165) is 23.5 Å². The summed E-state index contributed by atoms with van der Waals surface area (Å²) in [4.78, 5) is 11.6. The quantitative estimate of drug-likeness (QED) is 0.824. The first-order valence-electron chi connectivity index (χ1n) is 8.50. The average Bonchev–Trinajstić information content (AvgIpc) is 3.29. The zero-order valence-corrected chi connectivity index (χ0v) is 14.5. The maximum Gasteiger partial charge on any atom is 0.231 e. The van der Waals surface area contributed by atoms with Gasteiger partial charge in [-0.2, -0.15) is 0 Å². The Morgan fingerprint density at radius 3 is 2.88 bits per heavy atom. The van der Waals surface area contributed by atoms with Crippen LogP contribution in [0.3, 0.4) is 0 Å². The lowest BCUT2D eigenvalue weighted by Crippen LogP contribution is -2.33. The molecule has 0 aromatic heterocycles. The Bertz CT molecular complexity index is 955. The number of halogens is 1. The summed E-state index contributed by atoms with van der Waals surface area (Å²) in [6.07, 6.45) is 5.04. The van der Waals surface area contributed by atoms with Crippen molar-refractivity contribution in [2.45, 2.75) is 18.4 Å². The van der Waals surface area contributed by atoms with Crippen molar-refractivity contribution in [3.8, 4) is 11.5 Å². The first-order chi connectivity index (χ1) is 12.6. The Morgan fingerprint density at radius 1 is 1.19 bits per heavy atom. The highest BCUT2D eigenvalue weighted by molar-refractivity contribution is 6.33. The summed E-state index contributed by atoms with van der Waals surface area (Å²) in [5, 5.41) is 15.6. The van der Waals surface area contributed by atoms with Crippen molar-refractivity contribution < 1.29 is 19.4 Å². The number of fused-ring (bicyclic) bond motifs is 4. The number of carboxylic acid groups (broad SMARTS) is 1. The van der Waals surface area contributed by atoms with Crippen LogP contribution < -0.4 is 19.9 Å². The fourth-order valence-electron chi connectivity index (χ4n) is 4.29. The smallest absolute Gasteiger partial charge is 0.231 e. The van der Waals surface area contributed by atoms with Crippen molar-refractivity contribution in [3.63, 3.8) is 0 Å². The van der Waals surface area contributed by atoms with Crippen molar-refractivity contribution in [1.82, 2.24) is 0 Å². The largest absolute Gasteiger partial charge is 0.545 e. The molecule has 5 rings (SSSR count). The van der Waals surface area contributed by atoms with Gasteiger partial charge in [-0.25, -0.2) is 0 Å². The molecule has 1 aliphatic carbocycles. The highest BCUT2D eigenvalue weighted by atomic mass is 35.5. The number of carboxylic acids is 1. The highest BCUT2D eigenvalue weighted by Crippen LogP contribution is 2.53. The zero-order chi connectivity index (χ0) is 17.8. The van der Waals surface area contributed by atoms with E-state index in [1.807, 2.05) is 18.2 Å². The lowest BCUT2D eigenvalue weighted by molar-refractivity contribution is -0.255. The monoisotopic (exact) mass is 368 g/mol. The van der Waals surface area contributed by atoms with Crippen LogP contribution in [0.4, 0.5) is 5.69 Å². The van der Waals surface area contributed by atoms with Gasteiger partial charge in [0.25, 0.3) is 0 Å². The molecule has 2 aromatic carbocycles. The number of hydrogen-bond donors (Lipinski definition) is 1. The van der Waals surface area contributed by atoms with Gasteiger partial charge in [-0.15, -0.1) is 0 Å². The Balaban J connectivity index is 1.64. The topological polar surface area (TPSA) is 70.6 Å². The number of carbonyl (C=O) groups is 1. The molecule has 1 N–H and O–H groups in total. The molecule has 0 amide bonds. The molecule has 2 aliphatic heterocycles. The number of benzene rings is 2. The van der Waals surface area contributed by atoms with Gasteiger partial charge in [0.15, 0.2) is 11.5 Å². The molecule has 6 heteroatoms. The number of hydrogen-bond acceptors (Lipinski definition) is 5. The van der Waals surface area contributed by atoms with Crippen LogP contribution in [0.2, 0.25) is 5.02 Å². The third-order valence-electron chi connectivity index (χ3n) is 5.44. The Kier molecular flexibility index (Phi) is 3.40. The maximum atomic E-state index is 11.6. The number of carbonyl (C=O) groups excluding carboxylic acids is 1. The number of rotatable bonds is 2. The van der Waals surface area contributed by atoms with Crippen LogP contribution >= 0.6 is 11.6 Å². The molecular formula is C20H15ClNO4-. The van der Waals surface area contributed by atoms with E-state index in [0.29, 0.717) is 16.3 Å². The molecule has 3 aliphatic rings. The van der Waals surface area contributed by atoms with Crippen molar-refractivity contribution in [2.24, 2.45) is 5.92 Å². The van der Waals surface area contributed by atoms with E-state index in [4.69, 9.17) is 21.1 Å². The summed E-state index contributed by atoms with van der Waals surface area (Å²) >= 11 is 6.41. The second kappa shape index (κ2) is 5.68. The number of allylic oxidation sites excluding steroid dienone is 2. The summed E-state index contributed by atoms with van der Waals surface area (Å²) in [5.74, 6) is 0.462. The van der Waals surface area contributed by atoms with Crippen LogP contribution in [0.1, 0.15) is 39.9 Å². The lowest BCUT2D eigenvalue weighted by atomic mass is 9.75. The van der Waals surface area contributed by atoms with Gasteiger partial charge in [-0.1, -0.05) is 35.9 Å². The maximum absolute atomic E-state index is 11.6. The molecule has 2 heterocycles. The molecule has 132 valence electrons. The van der Waals surface area contributed by atoms with Crippen molar-refractivity contribution >= 4 is 23.3 Å². The van der Waals surface area contributed by atoms with Crippen molar-refractivity contribution in [3.05, 3.63) is 64.2 Å². The molecule has 2 aromatic rings. The molecule has 0 radical (unpaired) electrons. The Labute approximate surface area is 155 Å². The number of anilines is 1. The zero-order valence-electron chi connectivity index (χ0n) is 13.7. The minimum absolute atomic E-state index is 0.00787. The van der Waals surface area contributed by atoms with Crippen LogP contribution in [-0.2, 0) is 0 Å². The molecule has 3 atom stereocenters. The van der Waals surface area contributed by atoms with Crippen LogP contribution in [0.5, 0.6) is 11.5 Å². The summed E-state index contributed by atoms with van der Waals surface area (Å²) in [6, 6.07) is 9.03. The summed E-state index contributed by atoms with van der Waals surface area (Å²) < 4.78 is 10.9. The molecule has 0 bridgehead atoms. The normalized spacial score (nSPS) is 24.7. The standard InChI is InChI=1S/C20H16ClNO4/c21-14-6-5-13(20(23)24)17-11-2-1-3-12(11)18(22-19(14)17)10-4-7-15-16(8-10)26-9-25-15/h1-2,4-8,11-12,18,22H,3,9H2,(H,23,24)/p-1/t11-,12-,18-/m0/s1. The molecule has 5 nitrogen and oxygen atoms in total. The molecule has 0 spiro atoms. The van der Waals surface area contributed by atoms with E-state index < -0.39 is 5.97 Å². The van der Waals surface area contributed by atoms with Gasteiger partial charge in [0.2, 0.25) is 6.79 Å². The number of nitrogens with one attached hydrogen (secondary N) is 1. The Hall–Kier alpha value is -2.66. The van der Waals surface area contributed by atoms with Crippen LogP contribution in [-0.4, -0.2) is 12.8 Å². The highest BCUT2D eigenvalue weighted by Gasteiger charge is 2.40. The van der Waals surface area contributed by atoms with Gasteiger partial charge in [0.1, 0.15) is 0 Å². The van der Waals surface area contributed by atoms with E-state index in [1.54, 1.807) is 6.07 Å². The third-order valence-corrected chi connectivity index (χ3v) is 5.76.